The van der Waals surface area contributed by atoms with Gasteiger partial charge in [-0.1, -0.05) is 30.3 Å². The molecule has 2 aromatic carbocycles. The third kappa shape index (κ3) is 4.44. The van der Waals surface area contributed by atoms with Crippen molar-refractivity contribution in [2.75, 3.05) is 11.5 Å². The van der Waals surface area contributed by atoms with Crippen LogP contribution in [0, 0.1) is 5.41 Å². The fourth-order valence-corrected chi connectivity index (χ4v) is 4.04. The summed E-state index contributed by atoms with van der Waals surface area (Å²) in [7, 11) is -3.83. The zero-order valence-electron chi connectivity index (χ0n) is 12.7. The molecule has 2 unspecified atom stereocenters. The highest BCUT2D eigenvalue weighted by atomic mass is 31.2. The molecule has 126 valence electrons. The van der Waals surface area contributed by atoms with E-state index in [1.54, 1.807) is 36.4 Å². The van der Waals surface area contributed by atoms with Crippen molar-refractivity contribution < 1.29 is 19.4 Å². The van der Waals surface area contributed by atoms with Crippen LogP contribution in [0.1, 0.15) is 11.5 Å². The Labute approximate surface area is 139 Å². The second-order valence-corrected chi connectivity index (χ2v) is 7.56. The molecule has 2 atom stereocenters. The first kappa shape index (κ1) is 17.7. The summed E-state index contributed by atoms with van der Waals surface area (Å²) in [5.74, 6) is -2.63. The molecule has 0 aromatic heterocycles. The summed E-state index contributed by atoms with van der Waals surface area (Å²) in [4.78, 5) is 21.9. The Morgan fingerprint density at radius 3 is 2.46 bits per heavy atom. The molecule has 0 aliphatic heterocycles. The van der Waals surface area contributed by atoms with Gasteiger partial charge < -0.3 is 21.1 Å². The summed E-state index contributed by atoms with van der Waals surface area (Å²) < 4.78 is 12.6. The molecule has 8 heteroatoms. The largest absolute Gasteiger partial charge is 0.481 e. The van der Waals surface area contributed by atoms with Crippen molar-refractivity contribution in [1.82, 2.24) is 0 Å². The van der Waals surface area contributed by atoms with Crippen LogP contribution in [0.4, 0.5) is 5.69 Å². The zero-order valence-corrected chi connectivity index (χ0v) is 13.6. The van der Waals surface area contributed by atoms with E-state index in [1.807, 2.05) is 0 Å². The molecular weight excluding hydrogens is 329 g/mol. The van der Waals surface area contributed by atoms with Crippen molar-refractivity contribution in [3.63, 3.8) is 0 Å². The van der Waals surface area contributed by atoms with Gasteiger partial charge in [-0.3, -0.25) is 14.8 Å². The number of nitrogens with two attached hydrogens (primary N) is 1. The fraction of sp³-hybridized carbons (Fsp3) is 0.125. The summed E-state index contributed by atoms with van der Waals surface area (Å²) in [5.41, 5.74) is 6.06. The van der Waals surface area contributed by atoms with Gasteiger partial charge in [0, 0.05) is 17.2 Å². The van der Waals surface area contributed by atoms with Gasteiger partial charge in [-0.25, -0.2) is 0 Å². The summed E-state index contributed by atoms with van der Waals surface area (Å²) in [6.07, 6.45) is -0.421. The van der Waals surface area contributed by atoms with E-state index in [2.05, 4.69) is 5.32 Å². The van der Waals surface area contributed by atoms with Crippen LogP contribution in [0.25, 0.3) is 0 Å². The van der Waals surface area contributed by atoms with E-state index in [9.17, 15) is 19.4 Å². The number of rotatable bonds is 6. The van der Waals surface area contributed by atoms with Gasteiger partial charge in [-0.15, -0.1) is 0 Å². The maximum Gasteiger partial charge on any atom is 0.311 e. The number of carboxylic acids is 1. The Hall–Kier alpha value is -2.63. The van der Waals surface area contributed by atoms with Crippen LogP contribution in [0.3, 0.4) is 0 Å². The molecular formula is C16H18N3O4P. The fourth-order valence-electron chi connectivity index (χ4n) is 2.33. The predicted molar refractivity (Wildman–Crippen MR) is 93.1 cm³/mol. The predicted octanol–water partition coefficient (Wildman–Crippen LogP) is 1.76. The van der Waals surface area contributed by atoms with Crippen LogP contribution in [0.15, 0.2) is 54.6 Å². The molecule has 2 aromatic rings. The van der Waals surface area contributed by atoms with Crippen molar-refractivity contribution in [2.24, 2.45) is 5.73 Å². The molecule has 0 spiro atoms. The number of benzene rings is 2. The minimum Gasteiger partial charge on any atom is -0.481 e. The molecule has 0 radical (unpaired) electrons. The number of carbonyl (C=O) groups is 1. The van der Waals surface area contributed by atoms with Crippen LogP contribution in [0.2, 0.25) is 0 Å². The van der Waals surface area contributed by atoms with Crippen LogP contribution < -0.4 is 16.4 Å². The highest BCUT2D eigenvalue weighted by Gasteiger charge is 2.31. The molecule has 24 heavy (non-hydrogen) atoms. The standard InChI is InChI=1S/C16H18N3O4P/c17-16(18)19-12-6-4-5-11(9-12)14(15(20)21)10-24(22,23)13-7-2-1-3-8-13/h1-9,14H,10H2,(H,20,21)(H,22,23)(H4,17,18,19). The first-order chi connectivity index (χ1) is 11.3. The first-order valence-electron chi connectivity index (χ1n) is 7.11. The van der Waals surface area contributed by atoms with Crippen molar-refractivity contribution in [1.29, 1.82) is 5.41 Å². The van der Waals surface area contributed by atoms with E-state index in [1.165, 1.54) is 18.2 Å². The monoisotopic (exact) mass is 347 g/mol. The highest BCUT2D eigenvalue weighted by molar-refractivity contribution is 7.66. The normalized spacial score (nSPS) is 14.4. The quantitative estimate of drug-likeness (QED) is 0.307. The number of hydrogen-bond donors (Lipinski definition) is 5. The molecule has 0 aliphatic carbocycles. The van der Waals surface area contributed by atoms with E-state index < -0.39 is 25.4 Å². The zero-order chi connectivity index (χ0) is 17.7. The molecule has 0 amide bonds. The number of hydrogen-bond acceptors (Lipinski definition) is 3. The molecule has 0 fully saturated rings. The maximum atomic E-state index is 12.6. The molecule has 0 saturated carbocycles. The number of nitrogens with one attached hydrogen (secondary N) is 2. The van der Waals surface area contributed by atoms with Crippen molar-refractivity contribution >= 4 is 30.3 Å². The van der Waals surface area contributed by atoms with Crippen molar-refractivity contribution in [2.45, 2.75) is 5.92 Å². The van der Waals surface area contributed by atoms with Gasteiger partial charge in [-0.05, 0) is 29.8 Å². The van der Waals surface area contributed by atoms with E-state index >= 15 is 0 Å². The van der Waals surface area contributed by atoms with Crippen LogP contribution in [-0.2, 0) is 9.36 Å². The van der Waals surface area contributed by atoms with E-state index in [4.69, 9.17) is 11.1 Å². The van der Waals surface area contributed by atoms with Gasteiger partial charge in [0.05, 0.1) is 5.92 Å². The minimum absolute atomic E-state index is 0.217. The lowest BCUT2D eigenvalue weighted by atomic mass is 10.0. The second-order valence-electron chi connectivity index (χ2n) is 5.27. The smallest absolute Gasteiger partial charge is 0.311 e. The summed E-state index contributed by atoms with van der Waals surface area (Å²) in [5, 5.41) is 19.5. The minimum atomic E-state index is -3.83. The number of guanidine groups is 1. The number of anilines is 1. The molecule has 0 aliphatic rings. The lowest BCUT2D eigenvalue weighted by molar-refractivity contribution is -0.138. The summed E-state index contributed by atoms with van der Waals surface area (Å²) in [6, 6.07) is 14.3. The van der Waals surface area contributed by atoms with Crippen molar-refractivity contribution in [3.8, 4) is 0 Å². The molecule has 0 saturated heterocycles. The molecule has 2 rings (SSSR count). The molecule has 7 nitrogen and oxygen atoms in total. The highest BCUT2D eigenvalue weighted by Crippen LogP contribution is 2.44. The third-order valence-corrected chi connectivity index (χ3v) is 5.42. The lowest BCUT2D eigenvalue weighted by Gasteiger charge is -2.18. The van der Waals surface area contributed by atoms with E-state index in [0.29, 0.717) is 11.3 Å². The Bertz CT molecular complexity index is 795. The average molecular weight is 347 g/mol. The van der Waals surface area contributed by atoms with Gasteiger partial charge in [0.15, 0.2) is 5.96 Å². The summed E-state index contributed by atoms with van der Waals surface area (Å²) in [6.45, 7) is 0. The van der Waals surface area contributed by atoms with Crippen molar-refractivity contribution in [3.05, 3.63) is 60.2 Å². The van der Waals surface area contributed by atoms with Crippen LogP contribution in [0.5, 0.6) is 0 Å². The van der Waals surface area contributed by atoms with Crippen LogP contribution >= 0.6 is 7.37 Å². The van der Waals surface area contributed by atoms with Gasteiger partial charge in [0.2, 0.25) is 7.37 Å². The molecule has 6 N–H and O–H groups in total. The second kappa shape index (κ2) is 7.29. The molecule has 0 heterocycles. The molecule has 0 bridgehead atoms. The Morgan fingerprint density at radius 2 is 1.88 bits per heavy atom. The van der Waals surface area contributed by atoms with E-state index in [0.717, 1.165) is 0 Å². The lowest BCUT2D eigenvalue weighted by Crippen LogP contribution is -2.22. The first-order valence-corrected chi connectivity index (χ1v) is 8.95. The number of carboxylic acid groups (broad SMARTS) is 1. The topological polar surface area (TPSA) is 136 Å². The number of aliphatic carboxylic acids is 1. The Kier molecular flexibility index (Phi) is 5.39. The SMILES string of the molecule is N=C(N)Nc1cccc(C(CP(=O)(O)c2ccccc2)C(=O)O)c1. The Balaban J connectivity index is 2.32. The van der Waals surface area contributed by atoms with Crippen LogP contribution in [-0.4, -0.2) is 28.1 Å². The Morgan fingerprint density at radius 1 is 1.21 bits per heavy atom. The average Bonchev–Trinajstić information content (AvgIpc) is 2.53. The van der Waals surface area contributed by atoms with Gasteiger partial charge >= 0.3 is 5.97 Å². The van der Waals surface area contributed by atoms with E-state index in [-0.39, 0.29) is 11.3 Å². The summed E-state index contributed by atoms with van der Waals surface area (Å²) >= 11 is 0. The third-order valence-electron chi connectivity index (χ3n) is 3.46. The maximum absolute atomic E-state index is 12.6. The van der Waals surface area contributed by atoms with Gasteiger partial charge in [0.25, 0.3) is 0 Å². The van der Waals surface area contributed by atoms with Gasteiger partial charge in [0.1, 0.15) is 0 Å². The van der Waals surface area contributed by atoms with Gasteiger partial charge in [-0.2, -0.15) is 0 Å².